The molecule has 0 radical (unpaired) electrons. The lowest BCUT2D eigenvalue weighted by Crippen LogP contribution is -2.18. The van der Waals surface area contributed by atoms with Crippen LogP contribution in [0.15, 0.2) is 42.6 Å². The van der Waals surface area contributed by atoms with Gasteiger partial charge >= 0.3 is 5.97 Å². The van der Waals surface area contributed by atoms with Gasteiger partial charge in [-0.15, -0.1) is 0 Å². The van der Waals surface area contributed by atoms with E-state index in [-0.39, 0.29) is 11.1 Å². The Morgan fingerprint density at radius 3 is 2.45 bits per heavy atom. The number of rotatable bonds is 3. The summed E-state index contributed by atoms with van der Waals surface area (Å²) in [6, 6.07) is 10.1. The highest BCUT2D eigenvalue weighted by molar-refractivity contribution is 6.10. The highest BCUT2D eigenvalue weighted by atomic mass is 16.5. The van der Waals surface area contributed by atoms with E-state index in [0.717, 1.165) is 5.56 Å². The zero-order chi connectivity index (χ0) is 14.5. The topological polar surface area (TPSA) is 68.3 Å². The van der Waals surface area contributed by atoms with E-state index in [1.807, 2.05) is 13.0 Å². The van der Waals surface area contributed by atoms with Gasteiger partial charge in [0.25, 0.3) is 5.91 Å². The predicted octanol–water partition coefficient (Wildman–Crippen LogP) is 2.43. The molecule has 0 spiro atoms. The maximum atomic E-state index is 12.2. The summed E-state index contributed by atoms with van der Waals surface area (Å²) in [6.45, 7) is 1.84. The third-order valence-corrected chi connectivity index (χ3v) is 2.82. The highest BCUT2D eigenvalue weighted by Gasteiger charge is 2.17. The molecule has 0 atom stereocenters. The molecule has 1 amide bonds. The Morgan fingerprint density at radius 2 is 1.80 bits per heavy atom. The zero-order valence-electron chi connectivity index (χ0n) is 11.2. The standard InChI is InChI=1S/C15H14N2O3/c1-10-6-5-9-16-13(10)17-14(18)11-7-3-4-8-12(11)15(19)20-2/h3-9H,1-2H3,(H,16,17,18). The number of carbonyl (C=O) groups excluding carboxylic acids is 2. The number of carbonyl (C=O) groups is 2. The quantitative estimate of drug-likeness (QED) is 0.870. The van der Waals surface area contributed by atoms with Crippen LogP contribution >= 0.6 is 0 Å². The van der Waals surface area contributed by atoms with Crippen LogP contribution in [0.4, 0.5) is 5.82 Å². The Bertz CT molecular complexity index is 653. The van der Waals surface area contributed by atoms with Crippen molar-refractivity contribution in [3.63, 3.8) is 0 Å². The van der Waals surface area contributed by atoms with Gasteiger partial charge in [-0.05, 0) is 30.7 Å². The van der Waals surface area contributed by atoms with Gasteiger partial charge in [0, 0.05) is 6.20 Å². The van der Waals surface area contributed by atoms with E-state index in [0.29, 0.717) is 5.82 Å². The van der Waals surface area contributed by atoms with Gasteiger partial charge in [-0.1, -0.05) is 18.2 Å². The van der Waals surface area contributed by atoms with Crippen molar-refractivity contribution in [2.24, 2.45) is 0 Å². The first-order valence-corrected chi connectivity index (χ1v) is 6.04. The number of methoxy groups -OCH3 is 1. The molecule has 0 unspecified atom stereocenters. The molecule has 1 aromatic heterocycles. The number of ether oxygens (including phenoxy) is 1. The van der Waals surface area contributed by atoms with Crippen molar-refractivity contribution in [3.8, 4) is 0 Å². The Kier molecular flexibility index (Phi) is 4.10. The van der Waals surface area contributed by atoms with Crippen molar-refractivity contribution in [2.75, 3.05) is 12.4 Å². The third-order valence-electron chi connectivity index (χ3n) is 2.82. The van der Waals surface area contributed by atoms with Gasteiger partial charge in [-0.3, -0.25) is 4.79 Å². The number of hydrogen-bond acceptors (Lipinski definition) is 4. The Morgan fingerprint density at radius 1 is 1.10 bits per heavy atom. The number of hydrogen-bond donors (Lipinski definition) is 1. The average molecular weight is 270 g/mol. The summed E-state index contributed by atoms with van der Waals surface area (Å²) in [6.07, 6.45) is 1.59. The van der Waals surface area contributed by atoms with Crippen LogP contribution in [0.1, 0.15) is 26.3 Å². The van der Waals surface area contributed by atoms with Gasteiger partial charge in [0.1, 0.15) is 5.82 Å². The number of amides is 1. The fraction of sp³-hybridized carbons (Fsp3) is 0.133. The zero-order valence-corrected chi connectivity index (χ0v) is 11.2. The summed E-state index contributed by atoms with van der Waals surface area (Å²) in [5.74, 6) is -0.474. The summed E-state index contributed by atoms with van der Waals surface area (Å²) in [5, 5.41) is 2.69. The van der Waals surface area contributed by atoms with Gasteiger partial charge in [0.2, 0.25) is 0 Å². The van der Waals surface area contributed by atoms with Gasteiger partial charge in [0.05, 0.1) is 18.2 Å². The van der Waals surface area contributed by atoms with Crippen molar-refractivity contribution >= 4 is 17.7 Å². The Labute approximate surface area is 116 Å². The van der Waals surface area contributed by atoms with Crippen molar-refractivity contribution < 1.29 is 14.3 Å². The average Bonchev–Trinajstić information content (AvgIpc) is 2.48. The lowest BCUT2D eigenvalue weighted by molar-refractivity contribution is 0.0597. The maximum absolute atomic E-state index is 12.2. The number of pyridine rings is 1. The molecule has 0 bridgehead atoms. The largest absolute Gasteiger partial charge is 0.465 e. The minimum Gasteiger partial charge on any atom is -0.465 e. The molecule has 0 aliphatic heterocycles. The third kappa shape index (κ3) is 2.83. The fourth-order valence-corrected chi connectivity index (χ4v) is 1.76. The van der Waals surface area contributed by atoms with Gasteiger partial charge < -0.3 is 10.1 Å². The second kappa shape index (κ2) is 5.97. The van der Waals surface area contributed by atoms with Crippen molar-refractivity contribution in [1.82, 2.24) is 4.98 Å². The molecule has 5 heteroatoms. The number of aryl methyl sites for hydroxylation is 1. The van der Waals surface area contributed by atoms with Gasteiger partial charge in [-0.2, -0.15) is 0 Å². The SMILES string of the molecule is COC(=O)c1ccccc1C(=O)Nc1ncccc1C. The van der Waals surface area contributed by atoms with Crippen LogP contribution in [0.3, 0.4) is 0 Å². The molecule has 20 heavy (non-hydrogen) atoms. The molecule has 1 aromatic carbocycles. The first kappa shape index (κ1) is 13.7. The molecule has 0 fully saturated rings. The number of aromatic nitrogens is 1. The van der Waals surface area contributed by atoms with E-state index < -0.39 is 11.9 Å². The van der Waals surface area contributed by atoms with Gasteiger partial charge in [-0.25, -0.2) is 9.78 Å². The molecule has 0 saturated carbocycles. The molecule has 0 saturated heterocycles. The molecule has 2 aromatic rings. The van der Waals surface area contributed by atoms with Crippen molar-refractivity contribution in [3.05, 3.63) is 59.3 Å². The van der Waals surface area contributed by atoms with E-state index in [4.69, 9.17) is 0 Å². The second-order valence-electron chi connectivity index (χ2n) is 4.16. The van der Waals surface area contributed by atoms with E-state index in [9.17, 15) is 9.59 Å². The molecule has 5 nitrogen and oxygen atoms in total. The first-order valence-electron chi connectivity index (χ1n) is 6.04. The van der Waals surface area contributed by atoms with Gasteiger partial charge in [0.15, 0.2) is 0 Å². The minimum atomic E-state index is -0.548. The number of nitrogens with one attached hydrogen (secondary N) is 1. The molecule has 102 valence electrons. The summed E-state index contributed by atoms with van der Waals surface area (Å²) in [4.78, 5) is 28.0. The smallest absolute Gasteiger partial charge is 0.338 e. The monoisotopic (exact) mass is 270 g/mol. The number of anilines is 1. The highest BCUT2D eigenvalue weighted by Crippen LogP contribution is 2.14. The molecular weight excluding hydrogens is 256 g/mol. The molecular formula is C15H14N2O3. The number of esters is 1. The van der Waals surface area contributed by atoms with Crippen molar-refractivity contribution in [1.29, 1.82) is 0 Å². The predicted molar refractivity (Wildman–Crippen MR) is 74.7 cm³/mol. The molecule has 0 aliphatic carbocycles. The van der Waals surface area contributed by atoms with Crippen LogP contribution in [-0.2, 0) is 4.74 Å². The van der Waals surface area contributed by atoms with Crippen LogP contribution in [0.5, 0.6) is 0 Å². The molecule has 2 rings (SSSR count). The normalized spacial score (nSPS) is 9.90. The lowest BCUT2D eigenvalue weighted by Gasteiger charge is -2.09. The number of benzene rings is 1. The lowest BCUT2D eigenvalue weighted by atomic mass is 10.1. The van der Waals surface area contributed by atoms with Crippen LogP contribution in [0.25, 0.3) is 0 Å². The summed E-state index contributed by atoms with van der Waals surface area (Å²) in [5.41, 5.74) is 1.32. The van der Waals surface area contributed by atoms with E-state index in [2.05, 4.69) is 15.0 Å². The first-order chi connectivity index (χ1) is 9.63. The summed E-state index contributed by atoms with van der Waals surface area (Å²) in [7, 11) is 1.28. The Hall–Kier alpha value is -2.69. The fourth-order valence-electron chi connectivity index (χ4n) is 1.76. The van der Waals surface area contributed by atoms with Crippen LogP contribution < -0.4 is 5.32 Å². The van der Waals surface area contributed by atoms with Crippen LogP contribution in [-0.4, -0.2) is 24.0 Å². The van der Waals surface area contributed by atoms with E-state index >= 15 is 0 Å². The Balaban J connectivity index is 2.31. The van der Waals surface area contributed by atoms with Crippen molar-refractivity contribution in [2.45, 2.75) is 6.92 Å². The summed E-state index contributed by atoms with van der Waals surface area (Å²) < 4.78 is 4.67. The maximum Gasteiger partial charge on any atom is 0.338 e. The van der Waals surface area contributed by atoms with E-state index in [1.165, 1.54) is 7.11 Å². The number of nitrogens with zero attached hydrogens (tertiary/aromatic N) is 1. The summed E-state index contributed by atoms with van der Waals surface area (Å²) >= 11 is 0. The minimum absolute atomic E-state index is 0.223. The van der Waals surface area contributed by atoms with Crippen LogP contribution in [0.2, 0.25) is 0 Å². The second-order valence-corrected chi connectivity index (χ2v) is 4.16. The molecule has 0 aliphatic rings. The van der Waals surface area contributed by atoms with Crippen LogP contribution in [0, 0.1) is 6.92 Å². The molecule has 1 heterocycles. The van der Waals surface area contributed by atoms with E-state index in [1.54, 1.807) is 36.5 Å². The molecule has 1 N–H and O–H groups in total.